The van der Waals surface area contributed by atoms with E-state index in [1.54, 1.807) is 0 Å². The molecule has 1 heterocycles. The maximum atomic E-state index is 3.58. The first kappa shape index (κ1) is 20.3. The van der Waals surface area contributed by atoms with E-state index in [0.717, 1.165) is 6.42 Å². The van der Waals surface area contributed by atoms with Gasteiger partial charge in [-0.15, -0.1) is 0 Å². The second-order valence-electron chi connectivity index (χ2n) is 5.06. The van der Waals surface area contributed by atoms with Crippen LogP contribution in [0.25, 0.3) is 22.0 Å². The van der Waals surface area contributed by atoms with Gasteiger partial charge in [-0.2, -0.15) is 0 Å². The Morgan fingerprint density at radius 3 is 2.55 bits per heavy atom. The van der Waals surface area contributed by atoms with Crippen LogP contribution in [-0.2, 0) is 38.2 Å². The van der Waals surface area contributed by atoms with Crippen molar-refractivity contribution in [3.8, 4) is 11.1 Å². The van der Waals surface area contributed by atoms with Crippen molar-refractivity contribution in [2.75, 3.05) is 0 Å². The molecule has 2 aromatic carbocycles. The van der Waals surface area contributed by atoms with Crippen molar-refractivity contribution in [1.82, 2.24) is 4.57 Å². The van der Waals surface area contributed by atoms with Crippen molar-refractivity contribution >= 4 is 30.1 Å². The molecule has 1 aromatic heterocycles. The average Bonchev–Trinajstić information content (AvgIpc) is 2.87. The topological polar surface area (TPSA) is 4.93 Å². The second-order valence-corrected chi connectivity index (χ2v) is 7.30. The van der Waals surface area contributed by atoms with Gasteiger partial charge in [0.1, 0.15) is 0 Å². The fourth-order valence-electron chi connectivity index (χ4n) is 3.17. The first-order valence-corrected chi connectivity index (χ1v) is 8.29. The van der Waals surface area contributed by atoms with Crippen molar-refractivity contribution < 1.29 is 61.9 Å². The van der Waals surface area contributed by atoms with E-state index in [2.05, 4.69) is 63.9 Å². The van der Waals surface area contributed by atoms with Gasteiger partial charge in [0, 0.05) is 0 Å². The van der Waals surface area contributed by atoms with Gasteiger partial charge in [-0.1, -0.05) is 0 Å². The third-order valence-corrected chi connectivity index (χ3v) is 5.56. The van der Waals surface area contributed by atoms with Gasteiger partial charge in [0.2, 0.25) is 0 Å². The van der Waals surface area contributed by atoms with Gasteiger partial charge in [0.15, 0.2) is 0 Å². The van der Waals surface area contributed by atoms with Gasteiger partial charge < -0.3 is 37.2 Å². The molecule has 0 saturated heterocycles. The van der Waals surface area contributed by atoms with Crippen LogP contribution in [0.3, 0.4) is 0 Å². The molecule has 0 aliphatic heterocycles. The summed E-state index contributed by atoms with van der Waals surface area (Å²) in [5.41, 5.74) is 7.15. The summed E-state index contributed by atoms with van der Waals surface area (Å²) >= 11 is 5.07. The Kier molecular flexibility index (Phi) is 6.82. The van der Waals surface area contributed by atoms with Crippen molar-refractivity contribution in [1.29, 1.82) is 0 Å². The Morgan fingerprint density at radius 2 is 1.82 bits per heavy atom. The molecule has 0 N–H and O–H groups in total. The number of fused-ring (bicyclic) bond motifs is 5. The number of benzene rings is 2. The van der Waals surface area contributed by atoms with Crippen molar-refractivity contribution in [2.45, 2.75) is 6.42 Å². The predicted molar refractivity (Wildman–Crippen MR) is 78.5 cm³/mol. The molecule has 0 amide bonds. The number of rotatable bonds is 0. The van der Waals surface area contributed by atoms with Crippen LogP contribution in [0.4, 0.5) is 0 Å². The molecule has 0 radical (unpaired) electrons. The summed E-state index contributed by atoms with van der Waals surface area (Å²) in [5, 5.41) is 1.46. The molecule has 1 aliphatic carbocycles. The Hall–Kier alpha value is 0.213. The SMILES string of the molecule is Cn1c2c(c3[c]([Zr+3])cccc31)-c1ccc(Br)cc1C2.[Cl-].[Cl-].[Cl-]. The van der Waals surface area contributed by atoms with Crippen LogP contribution in [0.2, 0.25) is 0 Å². The second kappa shape index (κ2) is 7.40. The van der Waals surface area contributed by atoms with E-state index in [4.69, 9.17) is 0 Å². The number of hydrogen-bond acceptors (Lipinski definition) is 0. The molecule has 0 atom stereocenters. The summed E-state index contributed by atoms with van der Waals surface area (Å²) in [5.74, 6) is 0. The van der Waals surface area contributed by atoms with Crippen LogP contribution in [-0.4, -0.2) is 4.57 Å². The molecule has 6 heteroatoms. The van der Waals surface area contributed by atoms with E-state index in [1.165, 1.54) is 65.8 Å². The maximum Gasteiger partial charge on any atom is -1.00 e. The summed E-state index contributed by atoms with van der Waals surface area (Å²) in [6.07, 6.45) is 1.05. The molecule has 22 heavy (non-hydrogen) atoms. The van der Waals surface area contributed by atoms with Crippen LogP contribution < -0.4 is 40.5 Å². The van der Waals surface area contributed by atoms with Crippen LogP contribution in [0.15, 0.2) is 40.9 Å². The van der Waals surface area contributed by atoms with E-state index in [9.17, 15) is 0 Å². The van der Waals surface area contributed by atoms with Gasteiger partial charge in [0.25, 0.3) is 0 Å². The van der Waals surface area contributed by atoms with Crippen molar-refractivity contribution in [3.05, 3.63) is 52.1 Å². The molecular formula is C16H11BrCl3NZr. The molecule has 1 nitrogen and oxygen atoms in total. The fourth-order valence-corrected chi connectivity index (χ4v) is 4.44. The smallest absolute Gasteiger partial charge is 1.00 e. The first-order chi connectivity index (χ1) is 9.16. The summed E-state index contributed by atoms with van der Waals surface area (Å²) in [6, 6.07) is 13.3. The number of hydrogen-bond donors (Lipinski definition) is 0. The summed E-state index contributed by atoms with van der Waals surface area (Å²) in [6.45, 7) is 0. The number of nitrogens with zero attached hydrogens (tertiary/aromatic N) is 1. The average molecular weight is 495 g/mol. The summed E-state index contributed by atoms with van der Waals surface area (Å²) in [7, 11) is 2.19. The largest absolute Gasteiger partial charge is 1.00 e. The fraction of sp³-hybridized carbons (Fsp3) is 0.125. The molecule has 0 spiro atoms. The van der Waals surface area contributed by atoms with Crippen LogP contribution in [0.5, 0.6) is 0 Å². The third kappa shape index (κ3) is 2.84. The molecule has 3 aromatic rings. The zero-order valence-electron chi connectivity index (χ0n) is 11.6. The van der Waals surface area contributed by atoms with Gasteiger partial charge in [-0.05, 0) is 0 Å². The number of aryl methyl sites for hydroxylation is 1. The van der Waals surface area contributed by atoms with Crippen LogP contribution in [0.1, 0.15) is 11.3 Å². The minimum atomic E-state index is 0. The van der Waals surface area contributed by atoms with Gasteiger partial charge in [0.05, 0.1) is 0 Å². The monoisotopic (exact) mass is 491 g/mol. The van der Waals surface area contributed by atoms with E-state index in [1.807, 2.05) is 0 Å². The van der Waals surface area contributed by atoms with Gasteiger partial charge in [-0.25, -0.2) is 0 Å². The Morgan fingerprint density at radius 1 is 1.09 bits per heavy atom. The number of halogens is 4. The van der Waals surface area contributed by atoms with Crippen molar-refractivity contribution in [3.63, 3.8) is 0 Å². The minimum absolute atomic E-state index is 0. The molecule has 4 rings (SSSR count). The zero-order valence-corrected chi connectivity index (χ0v) is 17.9. The quantitative estimate of drug-likeness (QED) is 0.230. The van der Waals surface area contributed by atoms with Gasteiger partial charge >= 0.3 is 136 Å². The van der Waals surface area contributed by atoms with Crippen LogP contribution >= 0.6 is 15.9 Å². The minimum Gasteiger partial charge on any atom is -1.00 e. The maximum absolute atomic E-state index is 3.58. The Labute approximate surface area is 172 Å². The first-order valence-electron chi connectivity index (χ1n) is 6.27. The Balaban J connectivity index is 0.000000807. The van der Waals surface area contributed by atoms with E-state index in [0.29, 0.717) is 0 Å². The molecule has 112 valence electrons. The van der Waals surface area contributed by atoms with E-state index in [-0.39, 0.29) is 37.2 Å². The summed E-state index contributed by atoms with van der Waals surface area (Å²) < 4.78 is 5.00. The molecule has 0 saturated carbocycles. The molecule has 0 unspecified atom stereocenters. The standard InChI is InChI=1S/C16H11BrN.3ClH.Zr/c1-18-14-5-3-2-4-13(14)16-12-7-6-11(17)8-10(12)9-15(16)18;;;;/h2-3,5-8H,9H2,1H3;3*1H;/q;;;;+3/p-3. The predicted octanol–water partition coefficient (Wildman–Crippen LogP) is -5.30. The zero-order chi connectivity index (χ0) is 13.1. The molecular weight excluding hydrogens is 484 g/mol. The normalized spacial score (nSPS) is 11.1. The molecule has 0 fully saturated rings. The summed E-state index contributed by atoms with van der Waals surface area (Å²) in [4.78, 5) is 0. The molecule has 1 aliphatic rings. The van der Waals surface area contributed by atoms with Gasteiger partial charge in [-0.3, -0.25) is 0 Å². The number of aromatic nitrogens is 1. The third-order valence-electron chi connectivity index (χ3n) is 4.04. The Bertz CT molecular complexity index is 845. The van der Waals surface area contributed by atoms with E-state index < -0.39 is 0 Å². The van der Waals surface area contributed by atoms with Crippen LogP contribution in [0, 0.1) is 0 Å². The van der Waals surface area contributed by atoms with Crippen molar-refractivity contribution in [2.24, 2.45) is 7.05 Å². The van der Waals surface area contributed by atoms with E-state index >= 15 is 0 Å². The molecule has 0 bridgehead atoms.